The summed E-state index contributed by atoms with van der Waals surface area (Å²) in [5.74, 6) is -0.746. The molecule has 0 saturated carbocycles. The summed E-state index contributed by atoms with van der Waals surface area (Å²) in [4.78, 5) is 69.2. The van der Waals surface area contributed by atoms with Gasteiger partial charge >= 0.3 is 6.03 Å². The van der Waals surface area contributed by atoms with E-state index in [4.69, 9.17) is 15.2 Å². The number of likely N-dealkylation sites (N-methyl/N-ethyl adjacent to an activating group) is 1. The highest BCUT2D eigenvalue weighted by molar-refractivity contribution is 6.02. The highest BCUT2D eigenvalue weighted by Crippen LogP contribution is 2.37. The molecule has 0 spiro atoms. The summed E-state index contributed by atoms with van der Waals surface area (Å²) in [6, 6.07) is 12.9. The van der Waals surface area contributed by atoms with Crippen LogP contribution in [-0.2, 0) is 22.7 Å². The van der Waals surface area contributed by atoms with Crippen LogP contribution in [0.15, 0.2) is 47.1 Å². The molecule has 4 aromatic rings. The third-order valence-corrected chi connectivity index (χ3v) is 12.0. The van der Waals surface area contributed by atoms with Crippen LogP contribution in [0.25, 0.3) is 11.0 Å². The van der Waals surface area contributed by atoms with Gasteiger partial charge in [-0.25, -0.2) is 14.8 Å². The second-order valence-electron chi connectivity index (χ2n) is 15.4. The fraction of sp³-hybridized carbons (Fsp3) is 0.462. The van der Waals surface area contributed by atoms with Crippen molar-refractivity contribution in [3.8, 4) is 0 Å². The van der Waals surface area contributed by atoms with Crippen molar-refractivity contribution >= 4 is 57.7 Å². The van der Waals surface area contributed by atoms with Gasteiger partial charge in [-0.15, -0.1) is 0 Å². The van der Waals surface area contributed by atoms with E-state index >= 15 is 0 Å². The van der Waals surface area contributed by atoms with E-state index in [2.05, 4.69) is 59.7 Å². The molecule has 0 bridgehead atoms. The van der Waals surface area contributed by atoms with E-state index in [0.29, 0.717) is 48.3 Å². The number of benzene rings is 2. The number of rotatable bonds is 8. The van der Waals surface area contributed by atoms with Crippen LogP contribution in [0.5, 0.6) is 0 Å². The predicted molar refractivity (Wildman–Crippen MR) is 204 cm³/mol. The van der Waals surface area contributed by atoms with E-state index in [9.17, 15) is 19.2 Å². The summed E-state index contributed by atoms with van der Waals surface area (Å²) in [6.45, 7) is 6.41. The number of piperidine rings is 3. The van der Waals surface area contributed by atoms with E-state index in [1.807, 2.05) is 24.1 Å². The molecule has 4 N–H and O–H groups in total. The van der Waals surface area contributed by atoms with Gasteiger partial charge in [-0.1, -0.05) is 5.16 Å². The van der Waals surface area contributed by atoms with Crippen molar-refractivity contribution in [1.29, 1.82) is 0 Å². The number of amides is 5. The minimum atomic E-state index is -0.660. The Balaban J connectivity index is 0.822. The average Bonchev–Trinajstić information content (AvgIpc) is 3.90. The van der Waals surface area contributed by atoms with E-state index in [1.165, 1.54) is 11.1 Å². The Kier molecular flexibility index (Phi) is 8.99. The summed E-state index contributed by atoms with van der Waals surface area (Å²) >= 11 is 0. The van der Waals surface area contributed by atoms with Gasteiger partial charge in [0.2, 0.25) is 11.8 Å². The molecule has 16 heteroatoms. The lowest BCUT2D eigenvalue weighted by Crippen LogP contribution is -2.49. The van der Waals surface area contributed by atoms with E-state index in [0.717, 1.165) is 88.3 Å². The molecule has 9 rings (SSSR count). The van der Waals surface area contributed by atoms with Crippen molar-refractivity contribution in [3.05, 3.63) is 65.1 Å². The molecule has 286 valence electrons. The molecule has 2 aromatic heterocycles. The summed E-state index contributed by atoms with van der Waals surface area (Å²) in [7, 11) is 1.83. The smallest absolute Gasteiger partial charge is 0.320 e. The van der Waals surface area contributed by atoms with Crippen LogP contribution in [0, 0.1) is 0 Å². The normalized spacial score (nSPS) is 22.5. The highest BCUT2D eigenvalue weighted by Gasteiger charge is 2.36. The maximum absolute atomic E-state index is 12.7. The summed E-state index contributed by atoms with van der Waals surface area (Å²) in [6.07, 6.45) is 6.24. The maximum Gasteiger partial charge on any atom is 0.320 e. The standard InChI is InChI=1S/C39H45N11O5/c1-46-15-16-50(39(46)54)28-3-2-12-48(22-28)32-19-41-35(36(40)52)37(43-32)42-25-4-6-26(7-5-25)47-13-10-27(11-14-47)49-20-23-17-30-31(18-24(23)21-49)55-45-34(30)29-8-9-33(51)44-38(29)53/h4-7,17-19,27-29H,2-3,8-16,20-22H2,1H3,(H2,40,52)(H,42,43)(H,44,51,53)/t28-,29?/m1/s1. The lowest BCUT2D eigenvalue weighted by atomic mass is 9.92. The van der Waals surface area contributed by atoms with Crippen molar-refractivity contribution in [3.63, 3.8) is 0 Å². The number of primary amides is 1. The van der Waals surface area contributed by atoms with Gasteiger partial charge in [-0.2, -0.15) is 0 Å². The number of urea groups is 1. The number of carbonyl (C=O) groups excluding carboxylic acids is 4. The molecule has 2 atom stereocenters. The molecule has 1 unspecified atom stereocenters. The number of nitrogens with one attached hydrogen (secondary N) is 2. The minimum Gasteiger partial charge on any atom is -0.371 e. The summed E-state index contributed by atoms with van der Waals surface area (Å²) in [5, 5.41) is 10.8. The molecular formula is C39H45N11O5. The lowest BCUT2D eigenvalue weighted by Gasteiger charge is -2.38. The fourth-order valence-electron chi connectivity index (χ4n) is 8.95. The third kappa shape index (κ3) is 6.68. The number of nitrogens with two attached hydrogens (primary N) is 1. The molecular weight excluding hydrogens is 703 g/mol. The molecule has 4 saturated heterocycles. The van der Waals surface area contributed by atoms with Gasteiger partial charge in [0.05, 0.1) is 18.2 Å². The number of hydrogen-bond acceptors (Lipinski definition) is 12. The first-order valence-corrected chi connectivity index (χ1v) is 19.2. The number of imide groups is 1. The Hall–Kier alpha value is -5.77. The number of anilines is 4. The highest BCUT2D eigenvalue weighted by atomic mass is 16.5. The van der Waals surface area contributed by atoms with Gasteiger partial charge in [0.15, 0.2) is 17.1 Å². The number of fused-ring (bicyclic) bond motifs is 2. The van der Waals surface area contributed by atoms with Crippen LogP contribution in [-0.4, -0.2) is 112 Å². The molecule has 0 aliphatic carbocycles. The van der Waals surface area contributed by atoms with Gasteiger partial charge in [-0.3, -0.25) is 24.6 Å². The molecule has 2 aromatic carbocycles. The van der Waals surface area contributed by atoms with Crippen LogP contribution in [0.2, 0.25) is 0 Å². The number of hydrogen-bond donors (Lipinski definition) is 3. The van der Waals surface area contributed by atoms with Crippen LogP contribution in [0.4, 0.5) is 27.8 Å². The van der Waals surface area contributed by atoms with Crippen molar-refractivity contribution in [1.82, 2.24) is 35.1 Å². The zero-order valence-electron chi connectivity index (χ0n) is 30.9. The van der Waals surface area contributed by atoms with Crippen LogP contribution < -0.4 is 26.2 Å². The Morgan fingerprint density at radius 1 is 0.927 bits per heavy atom. The van der Waals surface area contributed by atoms with Crippen molar-refractivity contribution < 1.29 is 23.7 Å². The Bertz CT molecular complexity index is 2160. The van der Waals surface area contributed by atoms with Crippen LogP contribution in [0.3, 0.4) is 0 Å². The Morgan fingerprint density at radius 3 is 2.44 bits per heavy atom. The van der Waals surface area contributed by atoms with Crippen LogP contribution in [0.1, 0.15) is 71.8 Å². The third-order valence-electron chi connectivity index (χ3n) is 12.0. The molecule has 5 aliphatic rings. The molecule has 7 heterocycles. The van der Waals surface area contributed by atoms with Crippen molar-refractivity contribution in [2.75, 3.05) is 61.4 Å². The van der Waals surface area contributed by atoms with Gasteiger partial charge in [-0.05, 0) is 79.6 Å². The largest absolute Gasteiger partial charge is 0.371 e. The lowest BCUT2D eigenvalue weighted by molar-refractivity contribution is -0.134. The van der Waals surface area contributed by atoms with Gasteiger partial charge in [0.25, 0.3) is 5.91 Å². The summed E-state index contributed by atoms with van der Waals surface area (Å²) in [5.41, 5.74) is 11.4. The van der Waals surface area contributed by atoms with E-state index in [1.54, 1.807) is 11.1 Å². The first-order chi connectivity index (χ1) is 26.7. The molecule has 55 heavy (non-hydrogen) atoms. The van der Waals surface area contributed by atoms with Crippen molar-refractivity contribution in [2.24, 2.45) is 5.73 Å². The molecule has 4 fully saturated rings. The van der Waals surface area contributed by atoms with Gasteiger partial charge < -0.3 is 35.2 Å². The van der Waals surface area contributed by atoms with Gasteiger partial charge in [0, 0.05) is 88.6 Å². The first-order valence-electron chi connectivity index (χ1n) is 19.2. The second kappa shape index (κ2) is 14.1. The van der Waals surface area contributed by atoms with Gasteiger partial charge in [0.1, 0.15) is 11.5 Å². The maximum atomic E-state index is 12.7. The minimum absolute atomic E-state index is 0.0639. The van der Waals surface area contributed by atoms with E-state index < -0.39 is 11.8 Å². The quantitative estimate of drug-likeness (QED) is 0.224. The van der Waals surface area contributed by atoms with E-state index in [-0.39, 0.29) is 29.6 Å². The Morgan fingerprint density at radius 2 is 1.71 bits per heavy atom. The number of carbonyl (C=O) groups is 4. The Labute approximate surface area is 318 Å². The zero-order chi connectivity index (χ0) is 37.8. The molecule has 5 amide bonds. The number of aromatic nitrogens is 3. The number of nitrogens with zero attached hydrogens (tertiary/aromatic N) is 8. The topological polar surface area (TPSA) is 186 Å². The monoisotopic (exact) mass is 747 g/mol. The molecule has 0 radical (unpaired) electrons. The fourth-order valence-corrected chi connectivity index (χ4v) is 8.95. The van der Waals surface area contributed by atoms with Crippen molar-refractivity contribution in [2.45, 2.75) is 69.6 Å². The van der Waals surface area contributed by atoms with Crippen LogP contribution >= 0.6 is 0 Å². The summed E-state index contributed by atoms with van der Waals surface area (Å²) < 4.78 is 5.67. The zero-order valence-corrected chi connectivity index (χ0v) is 30.9. The SMILES string of the molecule is CN1CCN([C@@H]2CCCN(c3cnc(C(N)=O)c(Nc4ccc(N5CCC(N6Cc7cc8onc(C9CCC(=O)NC9=O)c8cc7C6)CC5)cc4)n3)C2)C1=O. The molecule has 16 nitrogen and oxygen atoms in total. The molecule has 5 aliphatic heterocycles. The average molecular weight is 748 g/mol. The predicted octanol–water partition coefficient (Wildman–Crippen LogP) is 3.30. The first kappa shape index (κ1) is 35.0. The second-order valence-corrected chi connectivity index (χ2v) is 15.4.